The number of esters is 2. The third-order valence-corrected chi connectivity index (χ3v) is 12.7. The third-order valence-electron chi connectivity index (χ3n) is 12.7. The highest BCUT2D eigenvalue weighted by Gasteiger charge is 2.16. The third kappa shape index (κ3) is 51.0. The molecule has 0 aliphatic carbocycles. The lowest BCUT2D eigenvalue weighted by atomic mass is 10.0. The molecular weight excluding hydrogens is 765 g/mol. The van der Waals surface area contributed by atoms with E-state index in [4.69, 9.17) is 9.47 Å². The van der Waals surface area contributed by atoms with E-state index in [9.17, 15) is 14.7 Å². The topological polar surface area (TPSA) is 72.8 Å². The van der Waals surface area contributed by atoms with Gasteiger partial charge in [-0.25, -0.2) is 0 Å². The van der Waals surface area contributed by atoms with Crippen molar-refractivity contribution in [2.45, 2.75) is 315 Å². The fraction of sp³-hybridized carbons (Fsp3) is 0.895. The number of hydrogen-bond acceptors (Lipinski definition) is 5. The van der Waals surface area contributed by atoms with Gasteiger partial charge in [-0.15, -0.1) is 0 Å². The van der Waals surface area contributed by atoms with E-state index >= 15 is 0 Å². The van der Waals surface area contributed by atoms with Crippen LogP contribution in [0, 0.1) is 0 Å². The zero-order chi connectivity index (χ0) is 44.9. The number of allylic oxidation sites excluding steroid dienone is 4. The number of hydrogen-bond donors (Lipinski definition) is 1. The normalized spacial score (nSPS) is 12.2. The number of unbranched alkanes of at least 4 members (excludes halogenated alkanes) is 40. The van der Waals surface area contributed by atoms with Gasteiger partial charge in [0.05, 0.1) is 6.61 Å². The molecule has 5 heteroatoms. The summed E-state index contributed by atoms with van der Waals surface area (Å²) in [4.78, 5) is 24.4. The van der Waals surface area contributed by atoms with Crippen molar-refractivity contribution in [2.75, 3.05) is 13.2 Å². The Balaban J connectivity index is 3.37. The Morgan fingerprint density at radius 1 is 0.355 bits per heavy atom. The maximum absolute atomic E-state index is 12.3. The average molecular weight is 873 g/mol. The Hall–Kier alpha value is -1.62. The monoisotopic (exact) mass is 873 g/mol. The summed E-state index contributed by atoms with van der Waals surface area (Å²) in [5, 5.41) is 9.61. The number of rotatable bonds is 52. The van der Waals surface area contributed by atoms with E-state index in [0.717, 1.165) is 44.9 Å². The lowest BCUT2D eigenvalue weighted by Crippen LogP contribution is -2.28. The summed E-state index contributed by atoms with van der Waals surface area (Å²) in [6.45, 7) is 4.15. The van der Waals surface area contributed by atoms with Gasteiger partial charge in [0, 0.05) is 12.8 Å². The minimum Gasteiger partial charge on any atom is -0.462 e. The van der Waals surface area contributed by atoms with Crippen LogP contribution in [0.5, 0.6) is 0 Å². The zero-order valence-electron chi connectivity index (χ0n) is 41.9. The van der Waals surface area contributed by atoms with Crippen LogP contribution in [-0.2, 0) is 19.1 Å². The first-order valence-electron chi connectivity index (χ1n) is 27.9. The highest BCUT2D eigenvalue weighted by Crippen LogP contribution is 2.17. The zero-order valence-corrected chi connectivity index (χ0v) is 41.9. The van der Waals surface area contributed by atoms with Crippen LogP contribution < -0.4 is 0 Å². The Bertz CT molecular complexity index is 943. The van der Waals surface area contributed by atoms with Crippen LogP contribution in [0.1, 0.15) is 309 Å². The smallest absolute Gasteiger partial charge is 0.306 e. The lowest BCUT2D eigenvalue weighted by molar-refractivity contribution is -0.161. The molecule has 0 bridgehead atoms. The molecule has 0 aromatic carbocycles. The van der Waals surface area contributed by atoms with Gasteiger partial charge in [-0.2, -0.15) is 0 Å². The van der Waals surface area contributed by atoms with Crippen molar-refractivity contribution in [3.8, 4) is 0 Å². The Kier molecular flexibility index (Phi) is 52.3. The van der Waals surface area contributed by atoms with Crippen molar-refractivity contribution in [1.29, 1.82) is 0 Å². The molecule has 0 saturated carbocycles. The first-order valence-corrected chi connectivity index (χ1v) is 27.9. The molecule has 1 atom stereocenters. The van der Waals surface area contributed by atoms with Crippen LogP contribution in [0.2, 0.25) is 0 Å². The maximum atomic E-state index is 12.3. The van der Waals surface area contributed by atoms with Crippen molar-refractivity contribution >= 4 is 11.9 Å². The van der Waals surface area contributed by atoms with Crippen molar-refractivity contribution in [1.82, 2.24) is 0 Å². The number of carbonyl (C=O) groups is 2. The molecule has 0 aromatic heterocycles. The number of aliphatic hydroxyl groups is 1. The summed E-state index contributed by atoms with van der Waals surface area (Å²) in [5.74, 6) is -0.586. The maximum Gasteiger partial charge on any atom is 0.306 e. The van der Waals surface area contributed by atoms with Gasteiger partial charge in [0.25, 0.3) is 0 Å². The molecule has 5 nitrogen and oxygen atoms in total. The van der Waals surface area contributed by atoms with E-state index in [1.807, 2.05) is 0 Å². The molecule has 0 spiro atoms. The Morgan fingerprint density at radius 2 is 0.597 bits per heavy atom. The summed E-state index contributed by atoms with van der Waals surface area (Å²) >= 11 is 0. The highest BCUT2D eigenvalue weighted by atomic mass is 16.6. The first-order chi connectivity index (χ1) is 30.6. The van der Waals surface area contributed by atoms with Crippen molar-refractivity contribution in [3.05, 3.63) is 24.3 Å². The van der Waals surface area contributed by atoms with E-state index < -0.39 is 6.10 Å². The molecule has 0 saturated heterocycles. The molecule has 0 aliphatic rings. The van der Waals surface area contributed by atoms with Gasteiger partial charge in [0.2, 0.25) is 0 Å². The predicted molar refractivity (Wildman–Crippen MR) is 270 cm³/mol. The molecule has 1 unspecified atom stereocenters. The van der Waals surface area contributed by atoms with Gasteiger partial charge >= 0.3 is 11.9 Å². The molecule has 0 heterocycles. The summed E-state index contributed by atoms with van der Waals surface area (Å²) in [5.41, 5.74) is 0. The van der Waals surface area contributed by atoms with E-state index in [2.05, 4.69) is 38.2 Å². The van der Waals surface area contributed by atoms with Gasteiger partial charge < -0.3 is 14.6 Å². The molecule has 0 rings (SSSR count). The van der Waals surface area contributed by atoms with Crippen molar-refractivity contribution in [3.63, 3.8) is 0 Å². The van der Waals surface area contributed by atoms with Crippen LogP contribution in [-0.4, -0.2) is 36.4 Å². The molecule has 0 radical (unpaired) electrons. The minimum absolute atomic E-state index is 0.0650. The van der Waals surface area contributed by atoms with Crippen LogP contribution in [0.4, 0.5) is 0 Å². The Morgan fingerprint density at radius 3 is 0.887 bits per heavy atom. The molecule has 366 valence electrons. The van der Waals surface area contributed by atoms with Gasteiger partial charge in [0.15, 0.2) is 6.10 Å². The standard InChI is InChI=1S/C57H108O5/c1-3-5-7-9-11-13-15-17-18-19-20-21-22-23-24-25-26-27-28-29-30-31-32-33-34-35-36-37-38-40-42-44-46-48-50-52-57(60)62-55(53-58)54-61-56(59)51-49-47-45-43-41-39-16-14-12-10-8-6-4-2/h14,16,19-20,55,58H,3-13,15,17-18,21-54H2,1-2H3/b16-14-,20-19-. The van der Waals surface area contributed by atoms with E-state index in [0.29, 0.717) is 12.8 Å². The minimum atomic E-state index is -0.770. The van der Waals surface area contributed by atoms with E-state index in [1.54, 1.807) is 0 Å². The van der Waals surface area contributed by atoms with Gasteiger partial charge in [-0.05, 0) is 64.2 Å². The second kappa shape index (κ2) is 53.7. The van der Waals surface area contributed by atoms with Crippen LogP contribution in [0.3, 0.4) is 0 Å². The van der Waals surface area contributed by atoms with Gasteiger partial charge in [0.1, 0.15) is 6.61 Å². The van der Waals surface area contributed by atoms with Crippen LogP contribution in [0.15, 0.2) is 24.3 Å². The van der Waals surface area contributed by atoms with Crippen LogP contribution in [0.25, 0.3) is 0 Å². The fourth-order valence-electron chi connectivity index (χ4n) is 8.49. The highest BCUT2D eigenvalue weighted by molar-refractivity contribution is 5.70. The summed E-state index contributed by atoms with van der Waals surface area (Å²) in [6, 6.07) is 0. The molecule has 62 heavy (non-hydrogen) atoms. The molecule has 0 fully saturated rings. The van der Waals surface area contributed by atoms with Gasteiger partial charge in [-0.1, -0.05) is 256 Å². The molecular formula is C57H108O5. The van der Waals surface area contributed by atoms with Gasteiger partial charge in [-0.3, -0.25) is 9.59 Å². The van der Waals surface area contributed by atoms with Crippen molar-refractivity contribution < 1.29 is 24.2 Å². The quantitative estimate of drug-likeness (QED) is 0.0374. The van der Waals surface area contributed by atoms with Crippen molar-refractivity contribution in [2.24, 2.45) is 0 Å². The summed E-state index contributed by atoms with van der Waals surface area (Å²) < 4.78 is 10.7. The van der Waals surface area contributed by atoms with E-state index in [-0.39, 0.29) is 25.2 Å². The second-order valence-electron chi connectivity index (χ2n) is 19.0. The first kappa shape index (κ1) is 60.4. The summed E-state index contributed by atoms with van der Waals surface area (Å²) in [6.07, 6.45) is 67.4. The molecule has 1 N–H and O–H groups in total. The number of carbonyl (C=O) groups excluding carboxylic acids is 2. The summed E-state index contributed by atoms with van der Waals surface area (Å²) in [7, 11) is 0. The number of ether oxygens (including phenoxy) is 2. The SMILES string of the molecule is CCCCCC/C=C\CCCCCCCC(=O)OCC(CO)OC(=O)CCCCCCCCCCCCCCCCCCCCCCCCC/C=C\CCCCCCCCCC. The predicted octanol–water partition coefficient (Wildman–Crippen LogP) is 18.5. The number of aliphatic hydroxyl groups excluding tert-OH is 1. The molecule has 0 aliphatic heterocycles. The molecule has 0 aromatic rings. The van der Waals surface area contributed by atoms with Crippen LogP contribution >= 0.6 is 0 Å². The fourth-order valence-corrected chi connectivity index (χ4v) is 8.49. The Labute approximate surface area is 387 Å². The van der Waals surface area contributed by atoms with E-state index in [1.165, 1.54) is 238 Å². The average Bonchev–Trinajstić information content (AvgIpc) is 3.28. The molecule has 0 amide bonds. The second-order valence-corrected chi connectivity index (χ2v) is 19.0. The largest absolute Gasteiger partial charge is 0.462 e. The lowest BCUT2D eigenvalue weighted by Gasteiger charge is -2.15.